The van der Waals surface area contributed by atoms with E-state index in [9.17, 15) is 14.4 Å². The van der Waals surface area contributed by atoms with E-state index in [-0.39, 0.29) is 100 Å². The van der Waals surface area contributed by atoms with Crippen molar-refractivity contribution in [3.63, 3.8) is 0 Å². The van der Waals surface area contributed by atoms with Gasteiger partial charge >= 0.3 is 0 Å². The summed E-state index contributed by atoms with van der Waals surface area (Å²) in [7, 11) is 3.06. The predicted octanol–water partition coefficient (Wildman–Crippen LogP) is 5.24. The van der Waals surface area contributed by atoms with Gasteiger partial charge in [-0.25, -0.2) is 0 Å². The second-order valence-corrected chi connectivity index (χ2v) is 11.2. The summed E-state index contributed by atoms with van der Waals surface area (Å²) >= 11 is 0. The molecule has 45 heavy (non-hydrogen) atoms. The van der Waals surface area contributed by atoms with Gasteiger partial charge in [-0.15, -0.1) is 24.9 Å². The van der Waals surface area contributed by atoms with Gasteiger partial charge in [-0.3, -0.25) is 4.79 Å². The van der Waals surface area contributed by atoms with E-state index in [1.165, 1.54) is 28.9 Å². The molecule has 5 N–H and O–H groups in total. The Morgan fingerprint density at radius 2 is 1.09 bits per heavy atom. The van der Waals surface area contributed by atoms with Crippen molar-refractivity contribution in [2.75, 3.05) is 14.1 Å². The van der Waals surface area contributed by atoms with Gasteiger partial charge in [0, 0.05) is 106 Å². The van der Waals surface area contributed by atoms with Crippen LogP contribution in [0.4, 0.5) is 0 Å². The first kappa shape index (κ1) is 43.3. The summed E-state index contributed by atoms with van der Waals surface area (Å²) in [5, 5.41) is 12.1. The number of carbonyl (C=O) groups excluding carboxylic acids is 3. The molecule has 0 aromatic heterocycles. The molecule has 0 saturated carbocycles. The molecule has 0 heterocycles. The average Bonchev–Trinajstić information content (AvgIpc) is 3.48. The van der Waals surface area contributed by atoms with Crippen molar-refractivity contribution in [3.05, 3.63) is 119 Å². The first-order valence-electron chi connectivity index (χ1n) is 13.4. The first-order valence-corrected chi connectivity index (χ1v) is 13.4. The average molecular weight is 748 g/mol. The zero-order chi connectivity index (χ0) is 28.7. The fourth-order valence-electron chi connectivity index (χ4n) is 6.07. The number of hydrogen-bond donors (Lipinski definition) is 2. The topological polar surface area (TPSA) is 140 Å². The Labute approximate surface area is 320 Å². The number of hydrogen-bond acceptors (Lipinski definition) is 5. The van der Waals surface area contributed by atoms with Gasteiger partial charge in [-0.1, -0.05) is 48.5 Å². The molecule has 0 fully saturated rings. The fraction of sp³-hybridized carbons (Fsp3) is 0.265. The molecule has 8 radical (unpaired) electrons. The first-order chi connectivity index (χ1) is 19.1. The van der Waals surface area contributed by atoms with Crippen molar-refractivity contribution in [1.82, 2.24) is 6.15 Å². The molecule has 11 heteroatoms. The van der Waals surface area contributed by atoms with Crippen LogP contribution in [0.15, 0.2) is 60.7 Å². The number of carbonyl (C=O) groups is 3. The van der Waals surface area contributed by atoms with E-state index in [0.29, 0.717) is 37.8 Å². The van der Waals surface area contributed by atoms with Crippen LogP contribution in [0.1, 0.15) is 38.2 Å². The molecular formula is C34H36B2N4O3Y2-4. The number of rotatable bonds is 4. The summed E-state index contributed by atoms with van der Waals surface area (Å²) in [4.78, 5) is 34.7. The molecule has 7 nitrogen and oxygen atoms in total. The Morgan fingerprint density at radius 3 is 1.47 bits per heavy atom. The van der Waals surface area contributed by atoms with E-state index in [2.05, 4.69) is 60.9 Å². The Balaban J connectivity index is 0.000000774. The minimum Gasteiger partial charge on any atom is -0.658 e. The van der Waals surface area contributed by atoms with E-state index in [0.717, 1.165) is 33.7 Å². The van der Waals surface area contributed by atoms with Crippen molar-refractivity contribution in [3.8, 4) is 0 Å². The standard InChI is InChI=1S/C17H19N2O.C17H16NO2.2B.H3N.2Y/c1-17(16(20)19-2)8-14-6-12-4-3-11(10-18)5-13(12)7-15(14)9-17;1-17(16(20)18-2)8-14-6-12-4-3-11(10-19)5-13(12)7-15(14)9-17;;;;;/h3-7H,1,8-10,18H2,2H3,(H,19,20);3-7,10H,1,8-9H2,2H3,(H,18,20);;;1H3;;/q2*-1;;;;;/p-2. The molecule has 4 aromatic rings. The van der Waals surface area contributed by atoms with E-state index >= 15 is 0 Å². The second-order valence-electron chi connectivity index (χ2n) is 11.2. The third-order valence-electron chi connectivity index (χ3n) is 8.21. The molecule has 4 aromatic carbocycles. The third-order valence-corrected chi connectivity index (χ3v) is 8.21. The number of benzene rings is 4. The van der Waals surface area contributed by atoms with Crippen LogP contribution in [0, 0.1) is 24.7 Å². The van der Waals surface area contributed by atoms with Crippen molar-refractivity contribution >= 4 is 56.5 Å². The quantitative estimate of drug-likeness (QED) is 0.167. The zero-order valence-corrected chi connectivity index (χ0v) is 31.7. The molecule has 226 valence electrons. The van der Waals surface area contributed by atoms with Gasteiger partial charge < -0.3 is 46.0 Å². The molecule has 0 saturated heterocycles. The molecule has 0 spiro atoms. The zero-order valence-electron chi connectivity index (χ0n) is 26.0. The summed E-state index contributed by atoms with van der Waals surface area (Å²) < 4.78 is 0. The summed E-state index contributed by atoms with van der Waals surface area (Å²) in [6.07, 6.45) is 3.43. The monoisotopic (exact) mass is 748 g/mol. The molecule has 2 atom stereocenters. The summed E-state index contributed by atoms with van der Waals surface area (Å²) in [6, 6.07) is 20.4. The van der Waals surface area contributed by atoms with E-state index < -0.39 is 10.8 Å². The molecule has 2 unspecified atom stereocenters. The Bertz CT molecular complexity index is 1690. The molecular weight excluding hydrogens is 712 g/mol. The molecule has 6 rings (SSSR count). The van der Waals surface area contributed by atoms with Gasteiger partial charge in [0.25, 0.3) is 0 Å². The third kappa shape index (κ3) is 8.80. The van der Waals surface area contributed by atoms with Gasteiger partial charge in [0.05, 0.1) is 0 Å². The maximum Gasteiger partial charge on any atom is 0.150 e. The van der Waals surface area contributed by atoms with Crippen molar-refractivity contribution < 1.29 is 79.8 Å². The summed E-state index contributed by atoms with van der Waals surface area (Å²) in [5.74, 6) is -0.258. The van der Waals surface area contributed by atoms with Crippen LogP contribution in [0.3, 0.4) is 0 Å². The van der Waals surface area contributed by atoms with Gasteiger partial charge in [0.15, 0.2) is 0 Å². The van der Waals surface area contributed by atoms with Crippen LogP contribution in [0.5, 0.6) is 0 Å². The van der Waals surface area contributed by atoms with Crippen LogP contribution < -0.4 is 11.9 Å². The Hall–Kier alpha value is -1.73. The molecule has 2 amide bonds. The minimum absolute atomic E-state index is 0. The van der Waals surface area contributed by atoms with Gasteiger partial charge in [0.2, 0.25) is 0 Å². The number of aldehydes is 1. The number of nitrogens with two attached hydrogens (primary N) is 1. The van der Waals surface area contributed by atoms with Gasteiger partial charge in [0.1, 0.15) is 6.29 Å². The van der Waals surface area contributed by atoms with E-state index in [4.69, 9.17) is 5.73 Å². The maximum absolute atomic E-state index is 12.0. The number of fused-ring (bicyclic) bond motifs is 4. The summed E-state index contributed by atoms with van der Waals surface area (Å²) in [6.45, 7) is 8.74. The molecule has 2 aliphatic rings. The summed E-state index contributed by atoms with van der Waals surface area (Å²) in [5.41, 5.74) is 10.9. The Morgan fingerprint density at radius 1 is 0.711 bits per heavy atom. The normalized spacial score (nSPS) is 18.5. The van der Waals surface area contributed by atoms with Crippen LogP contribution in [-0.2, 0) is 107 Å². The SMILES string of the molecule is N.[B].[B].[CH2-]C1(C(=O)[N-]C)Cc2cc3ccc(C=O)cc3cc2C1.[CH2-]C1(C(=O)[N-]C)Cc2cc3ccc(CN)cc3cc2C1.[Y].[Y]. The Kier molecular flexibility index (Phi) is 16.8. The van der Waals surface area contributed by atoms with Crippen molar-refractivity contribution in [2.45, 2.75) is 32.2 Å². The van der Waals surface area contributed by atoms with Gasteiger partial charge in [-0.2, -0.15) is 0 Å². The number of nitrogens with zero attached hydrogens (tertiary/aromatic N) is 2. The second kappa shape index (κ2) is 17.4. The molecule has 0 aliphatic heterocycles. The van der Waals surface area contributed by atoms with Crippen LogP contribution >= 0.6 is 0 Å². The largest absolute Gasteiger partial charge is 0.658 e. The van der Waals surface area contributed by atoms with Crippen LogP contribution in [-0.4, -0.2) is 49.0 Å². The van der Waals surface area contributed by atoms with Crippen LogP contribution in [0.25, 0.3) is 32.2 Å². The minimum atomic E-state index is -0.665. The van der Waals surface area contributed by atoms with Gasteiger partial charge in [-0.05, 0) is 87.2 Å². The smallest absolute Gasteiger partial charge is 0.150 e. The van der Waals surface area contributed by atoms with Crippen molar-refractivity contribution in [1.29, 1.82) is 0 Å². The van der Waals surface area contributed by atoms with E-state index in [1.807, 2.05) is 18.2 Å². The molecule has 0 bridgehead atoms. The predicted molar refractivity (Wildman–Crippen MR) is 177 cm³/mol. The molecule has 2 aliphatic carbocycles. The van der Waals surface area contributed by atoms with Crippen LogP contribution in [0.2, 0.25) is 0 Å². The van der Waals surface area contributed by atoms with E-state index in [1.54, 1.807) is 13.1 Å². The fourth-order valence-corrected chi connectivity index (χ4v) is 6.07. The number of amides is 2. The maximum atomic E-state index is 12.0. The van der Waals surface area contributed by atoms with Crippen molar-refractivity contribution in [2.24, 2.45) is 16.6 Å².